The Hall–Kier alpha value is -1.07. The van der Waals surface area contributed by atoms with E-state index in [2.05, 4.69) is 15.9 Å². The van der Waals surface area contributed by atoms with Crippen LogP contribution in [0.2, 0.25) is 0 Å². The Morgan fingerprint density at radius 2 is 2.00 bits per heavy atom. The lowest BCUT2D eigenvalue weighted by Gasteiger charge is -2.03. The van der Waals surface area contributed by atoms with E-state index in [1.165, 1.54) is 11.3 Å². The average Bonchev–Trinajstić information content (AvgIpc) is 2.69. The minimum absolute atomic E-state index is 0.00875. The zero-order valence-electron chi connectivity index (χ0n) is 8.76. The van der Waals surface area contributed by atoms with Gasteiger partial charge in [-0.3, -0.25) is 4.79 Å². The van der Waals surface area contributed by atoms with Crippen LogP contribution < -0.4 is 0 Å². The molecule has 1 aromatic carbocycles. The molecule has 0 unspecified atom stereocenters. The molecule has 2 rings (SSSR count). The summed E-state index contributed by atoms with van der Waals surface area (Å²) in [5.74, 6) is -1.86. The Morgan fingerprint density at radius 1 is 1.29 bits per heavy atom. The van der Waals surface area contributed by atoms with E-state index in [0.29, 0.717) is 4.88 Å². The predicted octanol–water partition coefficient (Wildman–Crippen LogP) is 4.33. The third-order valence-electron chi connectivity index (χ3n) is 2.32. The number of hydrogen-bond acceptors (Lipinski definition) is 2. The summed E-state index contributed by atoms with van der Waals surface area (Å²) in [6.45, 7) is 1.76. The normalized spacial score (nSPS) is 10.6. The van der Waals surface area contributed by atoms with E-state index in [1.54, 1.807) is 18.4 Å². The molecule has 0 amide bonds. The van der Waals surface area contributed by atoms with E-state index in [1.807, 2.05) is 0 Å². The molecule has 17 heavy (non-hydrogen) atoms. The Kier molecular flexibility index (Phi) is 3.40. The minimum Gasteiger partial charge on any atom is -0.288 e. The highest BCUT2D eigenvalue weighted by atomic mass is 79.9. The van der Waals surface area contributed by atoms with Crippen molar-refractivity contribution in [3.05, 3.63) is 55.7 Å². The summed E-state index contributed by atoms with van der Waals surface area (Å²) < 4.78 is 26.9. The molecule has 1 nitrogen and oxygen atoms in total. The number of rotatable bonds is 2. The van der Waals surface area contributed by atoms with Crippen molar-refractivity contribution in [2.24, 2.45) is 0 Å². The summed E-state index contributed by atoms with van der Waals surface area (Å²) in [5, 5.41) is 1.75. The van der Waals surface area contributed by atoms with E-state index < -0.39 is 17.4 Å². The molecule has 0 fully saturated rings. The van der Waals surface area contributed by atoms with Gasteiger partial charge in [0.15, 0.2) is 0 Å². The standard InChI is InChI=1S/C12H7BrF2OS/c1-6-2-3-17-12(6)11(16)7-4-10(15)8(13)5-9(7)14/h2-5H,1H3. The maximum atomic E-state index is 13.6. The number of ketones is 1. The molecule has 0 aliphatic carbocycles. The molecule has 1 aromatic heterocycles. The van der Waals surface area contributed by atoms with Gasteiger partial charge in [-0.05, 0) is 52.0 Å². The van der Waals surface area contributed by atoms with Crippen molar-refractivity contribution in [2.75, 3.05) is 0 Å². The Labute approximate surface area is 109 Å². The summed E-state index contributed by atoms with van der Waals surface area (Å²) >= 11 is 4.09. The van der Waals surface area contributed by atoms with Crippen molar-refractivity contribution < 1.29 is 13.6 Å². The number of aryl methyl sites for hydroxylation is 1. The fourth-order valence-corrected chi connectivity index (χ4v) is 2.62. The highest BCUT2D eigenvalue weighted by Gasteiger charge is 2.19. The lowest BCUT2D eigenvalue weighted by Crippen LogP contribution is -2.04. The van der Waals surface area contributed by atoms with Crippen LogP contribution in [0.25, 0.3) is 0 Å². The molecule has 0 atom stereocenters. The largest absolute Gasteiger partial charge is 0.288 e. The number of thiophene rings is 1. The molecule has 0 radical (unpaired) electrons. The van der Waals surface area contributed by atoms with Crippen LogP contribution in [0.5, 0.6) is 0 Å². The molecule has 0 saturated carbocycles. The maximum absolute atomic E-state index is 13.6. The topological polar surface area (TPSA) is 17.1 Å². The molecule has 1 heterocycles. The highest BCUT2D eigenvalue weighted by Crippen LogP contribution is 2.25. The van der Waals surface area contributed by atoms with Gasteiger partial charge in [-0.15, -0.1) is 11.3 Å². The van der Waals surface area contributed by atoms with Crippen LogP contribution in [0.1, 0.15) is 20.8 Å². The van der Waals surface area contributed by atoms with Crippen LogP contribution in [0.3, 0.4) is 0 Å². The van der Waals surface area contributed by atoms with Crippen molar-refractivity contribution in [1.82, 2.24) is 0 Å². The van der Waals surface area contributed by atoms with Gasteiger partial charge in [0.2, 0.25) is 5.78 Å². The first kappa shape index (κ1) is 12.4. The van der Waals surface area contributed by atoms with E-state index >= 15 is 0 Å². The van der Waals surface area contributed by atoms with Gasteiger partial charge in [0.05, 0.1) is 14.9 Å². The Bertz CT molecular complexity index is 592. The molecule has 0 N–H and O–H groups in total. The van der Waals surface area contributed by atoms with Crippen molar-refractivity contribution in [3.63, 3.8) is 0 Å². The molecule has 0 aliphatic heterocycles. The van der Waals surface area contributed by atoms with Gasteiger partial charge < -0.3 is 0 Å². The fraction of sp³-hybridized carbons (Fsp3) is 0.0833. The Balaban J connectivity index is 2.52. The van der Waals surface area contributed by atoms with Crippen LogP contribution in [0.15, 0.2) is 28.1 Å². The molecule has 88 valence electrons. The van der Waals surface area contributed by atoms with Crippen molar-refractivity contribution in [1.29, 1.82) is 0 Å². The van der Waals surface area contributed by atoms with Gasteiger partial charge >= 0.3 is 0 Å². The number of halogens is 3. The van der Waals surface area contributed by atoms with E-state index in [0.717, 1.165) is 17.7 Å². The molecule has 0 bridgehead atoms. The SMILES string of the molecule is Cc1ccsc1C(=O)c1cc(F)c(Br)cc1F. The number of carbonyl (C=O) groups excluding carboxylic acids is 1. The van der Waals surface area contributed by atoms with Crippen LogP contribution in [-0.2, 0) is 0 Å². The van der Waals surface area contributed by atoms with Gasteiger partial charge in [0, 0.05) is 0 Å². The fourth-order valence-electron chi connectivity index (χ4n) is 1.42. The molecule has 2 aromatic rings. The second-order valence-corrected chi connectivity index (χ2v) is 5.28. The smallest absolute Gasteiger partial charge is 0.206 e. The number of benzene rings is 1. The Morgan fingerprint density at radius 3 is 2.59 bits per heavy atom. The highest BCUT2D eigenvalue weighted by molar-refractivity contribution is 9.10. The van der Waals surface area contributed by atoms with Gasteiger partial charge in [0.25, 0.3) is 0 Å². The quantitative estimate of drug-likeness (QED) is 0.595. The van der Waals surface area contributed by atoms with Gasteiger partial charge in [-0.25, -0.2) is 8.78 Å². The third-order valence-corrected chi connectivity index (χ3v) is 3.95. The lowest BCUT2D eigenvalue weighted by atomic mass is 10.1. The van der Waals surface area contributed by atoms with Crippen LogP contribution in [-0.4, -0.2) is 5.78 Å². The summed E-state index contributed by atoms with van der Waals surface area (Å²) in [6, 6.07) is 3.65. The molecular weight excluding hydrogens is 310 g/mol. The minimum atomic E-state index is -0.726. The third kappa shape index (κ3) is 2.30. The van der Waals surface area contributed by atoms with Crippen molar-refractivity contribution in [3.8, 4) is 0 Å². The van der Waals surface area contributed by atoms with E-state index in [4.69, 9.17) is 0 Å². The van der Waals surface area contributed by atoms with E-state index in [9.17, 15) is 13.6 Å². The summed E-state index contributed by atoms with van der Waals surface area (Å²) in [7, 11) is 0. The lowest BCUT2D eigenvalue weighted by molar-refractivity contribution is 0.103. The molecular formula is C12H7BrF2OS. The first-order chi connectivity index (χ1) is 8.00. The number of carbonyl (C=O) groups is 1. The van der Waals surface area contributed by atoms with Gasteiger partial charge in [-0.1, -0.05) is 0 Å². The summed E-state index contributed by atoms with van der Waals surface area (Å²) in [6.07, 6.45) is 0. The monoisotopic (exact) mass is 316 g/mol. The summed E-state index contributed by atoms with van der Waals surface area (Å²) in [5.41, 5.74) is 0.527. The number of hydrogen-bond donors (Lipinski definition) is 0. The van der Waals surface area contributed by atoms with Crippen molar-refractivity contribution in [2.45, 2.75) is 6.92 Å². The second kappa shape index (κ2) is 4.66. The first-order valence-corrected chi connectivity index (χ1v) is 6.41. The second-order valence-electron chi connectivity index (χ2n) is 3.51. The molecule has 0 saturated heterocycles. The zero-order chi connectivity index (χ0) is 12.6. The molecule has 0 spiro atoms. The predicted molar refractivity (Wildman–Crippen MR) is 66.5 cm³/mol. The first-order valence-electron chi connectivity index (χ1n) is 4.74. The maximum Gasteiger partial charge on any atom is 0.206 e. The average molecular weight is 317 g/mol. The van der Waals surface area contributed by atoms with Gasteiger partial charge in [0.1, 0.15) is 11.6 Å². The summed E-state index contributed by atoms with van der Waals surface area (Å²) in [4.78, 5) is 12.4. The molecule has 0 aliphatic rings. The van der Waals surface area contributed by atoms with Crippen LogP contribution in [0.4, 0.5) is 8.78 Å². The molecule has 5 heteroatoms. The zero-order valence-corrected chi connectivity index (χ0v) is 11.2. The van der Waals surface area contributed by atoms with Gasteiger partial charge in [-0.2, -0.15) is 0 Å². The van der Waals surface area contributed by atoms with Crippen molar-refractivity contribution >= 4 is 33.0 Å². The van der Waals surface area contributed by atoms with Crippen LogP contribution >= 0.6 is 27.3 Å². The van der Waals surface area contributed by atoms with Crippen LogP contribution in [0, 0.1) is 18.6 Å². The van der Waals surface area contributed by atoms with E-state index in [-0.39, 0.29) is 10.0 Å².